The molecule has 5 rings (SSSR count). The van der Waals surface area contributed by atoms with Crippen LogP contribution in [0.3, 0.4) is 0 Å². The van der Waals surface area contributed by atoms with Crippen molar-refractivity contribution in [3.8, 4) is 0 Å². The Labute approximate surface area is 396 Å². The van der Waals surface area contributed by atoms with Crippen molar-refractivity contribution in [3.63, 3.8) is 0 Å². The van der Waals surface area contributed by atoms with E-state index in [4.69, 9.17) is 18.9 Å². The van der Waals surface area contributed by atoms with E-state index in [9.17, 15) is 46.8 Å². The Morgan fingerprint density at radius 1 is 0.868 bits per heavy atom. The monoisotopic (exact) mass is 966 g/mol. The van der Waals surface area contributed by atoms with Crippen LogP contribution in [-0.2, 0) is 48.1 Å². The smallest absolute Gasteiger partial charge is 0.411 e. The minimum atomic E-state index is -3.95. The molecule has 4 N–H and O–H groups in total. The van der Waals surface area contributed by atoms with E-state index in [2.05, 4.69) is 32.2 Å². The van der Waals surface area contributed by atoms with Crippen LogP contribution in [0.4, 0.5) is 21.0 Å². The molecule has 2 aromatic carbocycles. The molecule has 21 heteroatoms. The fourth-order valence-corrected chi connectivity index (χ4v) is 8.41. The van der Waals surface area contributed by atoms with Crippen LogP contribution in [0.5, 0.6) is 0 Å². The number of esters is 2. The molecule has 1 heterocycles. The molecule has 2 saturated carbocycles. The summed E-state index contributed by atoms with van der Waals surface area (Å²) in [6.45, 7) is 20.4. The molecule has 1 saturated heterocycles. The van der Waals surface area contributed by atoms with Gasteiger partial charge in [0.25, 0.3) is 5.91 Å². The second kappa shape index (κ2) is 22.0. The van der Waals surface area contributed by atoms with Crippen molar-refractivity contribution in [1.82, 2.24) is 20.3 Å². The number of carbonyl (C=O) groups is 7. The number of para-hydroxylation sites is 2. The third-order valence-corrected chi connectivity index (χ3v) is 12.3. The maximum absolute atomic E-state index is 14.3. The molecular formula is C47H62N6O14S. The second-order valence-corrected chi connectivity index (χ2v) is 21.2. The number of aliphatic imine (C=N–C) groups is 1. The molecule has 2 aliphatic carbocycles. The first-order valence-electron chi connectivity index (χ1n) is 22.1. The average Bonchev–Trinajstić information content (AvgIpc) is 4.15. The van der Waals surface area contributed by atoms with E-state index >= 15 is 0 Å². The maximum atomic E-state index is 14.3. The lowest BCUT2D eigenvalue weighted by atomic mass is 9.85. The highest BCUT2D eigenvalue weighted by Crippen LogP contribution is 2.45. The lowest BCUT2D eigenvalue weighted by Gasteiger charge is -2.36. The molecule has 0 aromatic heterocycles. The first-order chi connectivity index (χ1) is 31.6. The number of anilines is 1. The van der Waals surface area contributed by atoms with Crippen molar-refractivity contribution in [2.75, 3.05) is 11.9 Å². The SMILES string of the molecule is C=CC1C[C@]1(NC(=O)[C@@H]1C[C@@H](OC(=O)Nc2ccccc2C(=O)OC(C)C)CN1C(=O)[C@@H](NC(=O)OC(C)(C)C)C(C)(C)C)C(=O)NS(=O)(=O)C1CC1.CC(C)OC(=O)c1ccccc1N=C=O. The predicted molar refractivity (Wildman–Crippen MR) is 248 cm³/mol. The van der Waals surface area contributed by atoms with Crippen LogP contribution in [0.1, 0.15) is 116 Å². The Kier molecular flexibility index (Phi) is 17.5. The summed E-state index contributed by atoms with van der Waals surface area (Å²) >= 11 is 0. The third-order valence-electron chi connectivity index (χ3n) is 10.5. The summed E-state index contributed by atoms with van der Waals surface area (Å²) in [5, 5.41) is 7.13. The van der Waals surface area contributed by atoms with Crippen LogP contribution in [0.15, 0.2) is 66.2 Å². The zero-order valence-corrected chi connectivity index (χ0v) is 40.8. The van der Waals surface area contributed by atoms with E-state index in [1.807, 2.05) is 0 Å². The summed E-state index contributed by atoms with van der Waals surface area (Å²) in [5.74, 6) is -4.17. The first kappa shape index (κ1) is 54.0. The van der Waals surface area contributed by atoms with Gasteiger partial charge in [0.1, 0.15) is 29.3 Å². The molecule has 1 aliphatic heterocycles. The van der Waals surface area contributed by atoms with Gasteiger partial charge in [0.2, 0.25) is 27.9 Å². The minimum absolute atomic E-state index is 0.0702. The summed E-state index contributed by atoms with van der Waals surface area (Å²) in [7, 11) is -3.95. The predicted octanol–water partition coefficient (Wildman–Crippen LogP) is 5.60. The summed E-state index contributed by atoms with van der Waals surface area (Å²) < 4.78 is 48.7. The molecular weight excluding hydrogens is 905 g/mol. The Bertz CT molecular complexity index is 2420. The zero-order valence-electron chi connectivity index (χ0n) is 40.0. The normalized spacial score (nSPS) is 20.2. The van der Waals surface area contributed by atoms with Crippen molar-refractivity contribution in [2.45, 2.75) is 142 Å². The van der Waals surface area contributed by atoms with Gasteiger partial charge in [-0.2, -0.15) is 4.99 Å². The standard InChI is InChI=1S/C36H51N5O11S.C11H11NO3/c1-10-21-18-36(21,31(45)40-53(48,49)23-15-16-23)39-28(42)26-17-22(51-32(46)37-25-14-12-11-13-24(25)30(44)50-20(2)3)19-41(26)29(43)27(34(4,5)6)38-33(47)52-35(7,8)9;1-8(2)15-11(14)9-5-3-4-6-10(9)12-7-13/h10-14,20-23,26-27H,1,15-19H2,2-9H3,(H,37,46)(H,38,47)(H,39,42)(H,40,45);3-6,8H,1-2H3/t21?,22-,26+,27-,36-;/m1./s1. The molecule has 1 unspecified atom stereocenters. The summed E-state index contributed by atoms with van der Waals surface area (Å²) in [4.78, 5) is 107. The molecule has 68 heavy (non-hydrogen) atoms. The molecule has 3 aliphatic rings. The quantitative estimate of drug-likeness (QED) is 0.0557. The number of sulfonamides is 1. The molecule has 0 spiro atoms. The highest BCUT2D eigenvalue weighted by atomic mass is 32.2. The van der Waals surface area contributed by atoms with Crippen LogP contribution in [0.2, 0.25) is 0 Å². The van der Waals surface area contributed by atoms with Crippen LogP contribution in [0, 0.1) is 11.3 Å². The van der Waals surface area contributed by atoms with E-state index in [-0.39, 0.29) is 48.0 Å². The number of carbonyl (C=O) groups excluding carboxylic acids is 8. The van der Waals surface area contributed by atoms with Gasteiger partial charge in [0.05, 0.1) is 46.5 Å². The lowest BCUT2D eigenvalue weighted by molar-refractivity contribution is -0.143. The van der Waals surface area contributed by atoms with Gasteiger partial charge in [-0.25, -0.2) is 32.4 Å². The van der Waals surface area contributed by atoms with Gasteiger partial charge in [0, 0.05) is 12.3 Å². The number of nitrogens with zero attached hydrogens (tertiary/aromatic N) is 2. The zero-order chi connectivity index (χ0) is 50.9. The molecule has 5 atom stereocenters. The molecule has 2 aromatic rings. The number of amides is 5. The number of hydrogen-bond donors (Lipinski definition) is 4. The van der Waals surface area contributed by atoms with Crippen LogP contribution < -0.4 is 20.7 Å². The number of nitrogens with one attached hydrogen (secondary N) is 4. The van der Waals surface area contributed by atoms with E-state index < -0.39 is 104 Å². The number of ether oxygens (including phenoxy) is 4. The fourth-order valence-electron chi connectivity index (χ4n) is 7.04. The summed E-state index contributed by atoms with van der Waals surface area (Å²) in [5.41, 5.74) is -2.69. The average molecular weight is 967 g/mol. The van der Waals surface area contributed by atoms with E-state index in [0.29, 0.717) is 12.8 Å². The van der Waals surface area contributed by atoms with Gasteiger partial charge in [-0.3, -0.25) is 24.4 Å². The van der Waals surface area contributed by atoms with Gasteiger partial charge < -0.3 is 34.5 Å². The lowest BCUT2D eigenvalue weighted by Crippen LogP contribution is -2.60. The van der Waals surface area contributed by atoms with Crippen molar-refractivity contribution in [2.24, 2.45) is 16.3 Å². The number of alkyl carbamates (subject to hydrolysis) is 1. The number of hydrogen-bond acceptors (Lipinski definition) is 15. The highest BCUT2D eigenvalue weighted by molar-refractivity contribution is 7.91. The molecule has 3 fully saturated rings. The number of rotatable bonds is 15. The maximum Gasteiger partial charge on any atom is 0.411 e. The van der Waals surface area contributed by atoms with Gasteiger partial charge in [-0.1, -0.05) is 51.1 Å². The number of benzene rings is 2. The van der Waals surface area contributed by atoms with Crippen molar-refractivity contribution < 1.29 is 65.7 Å². The largest absolute Gasteiger partial charge is 0.459 e. The first-order valence-corrected chi connectivity index (χ1v) is 23.6. The van der Waals surface area contributed by atoms with Gasteiger partial charge in [-0.05, 0) is 97.4 Å². The third kappa shape index (κ3) is 14.7. The van der Waals surface area contributed by atoms with Crippen LogP contribution in [0.25, 0.3) is 0 Å². The Morgan fingerprint density at radius 2 is 1.44 bits per heavy atom. The molecule has 5 amide bonds. The Morgan fingerprint density at radius 3 is 1.97 bits per heavy atom. The van der Waals surface area contributed by atoms with E-state index in [1.165, 1.54) is 24.3 Å². The van der Waals surface area contributed by atoms with Gasteiger partial charge in [-0.15, -0.1) is 6.58 Å². The van der Waals surface area contributed by atoms with Crippen molar-refractivity contribution in [1.29, 1.82) is 0 Å². The van der Waals surface area contributed by atoms with Crippen molar-refractivity contribution in [3.05, 3.63) is 72.3 Å². The topological polar surface area (TPSA) is 271 Å². The number of isocyanates is 1. The minimum Gasteiger partial charge on any atom is -0.459 e. The Balaban J connectivity index is 0.000000570. The van der Waals surface area contributed by atoms with Crippen LogP contribution >= 0.6 is 0 Å². The van der Waals surface area contributed by atoms with Crippen LogP contribution in [-0.4, -0.2) is 115 Å². The van der Waals surface area contributed by atoms with Crippen molar-refractivity contribution >= 4 is 69.3 Å². The Hall–Kier alpha value is -6.60. The molecule has 0 radical (unpaired) electrons. The fraction of sp³-hybridized carbons (Fsp3) is 0.532. The van der Waals surface area contributed by atoms with Gasteiger partial charge >= 0.3 is 24.1 Å². The van der Waals surface area contributed by atoms with E-state index in [1.54, 1.807) is 106 Å². The summed E-state index contributed by atoms with van der Waals surface area (Å²) in [6.07, 6.45) is -0.0187. The second-order valence-electron chi connectivity index (χ2n) is 19.2. The van der Waals surface area contributed by atoms with E-state index in [0.717, 1.165) is 4.90 Å². The molecule has 0 bridgehead atoms. The highest BCUT2D eigenvalue weighted by Gasteiger charge is 2.62. The van der Waals surface area contributed by atoms with Gasteiger partial charge in [0.15, 0.2) is 0 Å². The summed E-state index contributed by atoms with van der Waals surface area (Å²) in [6, 6.07) is 10.1. The molecule has 20 nitrogen and oxygen atoms in total. The number of likely N-dealkylation sites (tertiary alicyclic amines) is 1. The molecule has 370 valence electrons.